The van der Waals surface area contributed by atoms with E-state index >= 15 is 0 Å². The highest BCUT2D eigenvalue weighted by Gasteiger charge is 2.20. The average molecular weight is 399 g/mol. The van der Waals surface area contributed by atoms with Gasteiger partial charge in [-0.05, 0) is 43.7 Å². The number of hydrogen-bond acceptors (Lipinski definition) is 6. The Bertz CT molecular complexity index is 777. The molecule has 0 unspecified atom stereocenters. The van der Waals surface area contributed by atoms with Gasteiger partial charge in [-0.3, -0.25) is 0 Å². The van der Waals surface area contributed by atoms with Crippen LogP contribution in [0.3, 0.4) is 0 Å². The van der Waals surface area contributed by atoms with E-state index in [1.165, 1.54) is 0 Å². The smallest absolute Gasteiger partial charge is 0.335 e. The lowest BCUT2D eigenvalue weighted by molar-refractivity contribution is -0.156. The standard InChI is InChI=1S/C23H29NO5/c1-3-26-22(23(25)27-4-2)17-18-9-11-19(12-10-18)28-15-13-24-14-16-29-21-8-6-5-7-20(21)24/h5-12,22H,3-4,13-17H2,1-2H3/t22-/m0/s1. The molecule has 0 amide bonds. The number of para-hydroxylation sites is 2. The van der Waals surface area contributed by atoms with Crippen molar-refractivity contribution in [1.29, 1.82) is 0 Å². The number of hydrogen-bond donors (Lipinski definition) is 0. The van der Waals surface area contributed by atoms with Crippen LogP contribution >= 0.6 is 0 Å². The molecule has 6 nitrogen and oxygen atoms in total. The van der Waals surface area contributed by atoms with E-state index in [9.17, 15) is 4.79 Å². The molecule has 0 spiro atoms. The van der Waals surface area contributed by atoms with Gasteiger partial charge in [0.05, 0.1) is 25.4 Å². The Balaban J connectivity index is 1.50. The maximum atomic E-state index is 12.0. The van der Waals surface area contributed by atoms with E-state index in [4.69, 9.17) is 18.9 Å². The second kappa shape index (κ2) is 10.7. The van der Waals surface area contributed by atoms with Crippen LogP contribution in [-0.2, 0) is 20.7 Å². The van der Waals surface area contributed by atoms with E-state index in [1.54, 1.807) is 6.92 Å². The molecule has 0 radical (unpaired) electrons. The first kappa shape index (κ1) is 21.0. The largest absolute Gasteiger partial charge is 0.492 e. The van der Waals surface area contributed by atoms with Gasteiger partial charge < -0.3 is 23.8 Å². The van der Waals surface area contributed by atoms with Crippen LogP contribution in [0, 0.1) is 0 Å². The predicted octanol–water partition coefficient (Wildman–Crippen LogP) is 3.48. The maximum absolute atomic E-state index is 12.0. The molecule has 0 N–H and O–H groups in total. The lowest BCUT2D eigenvalue weighted by Gasteiger charge is -2.31. The summed E-state index contributed by atoms with van der Waals surface area (Å²) < 4.78 is 22.2. The Kier molecular flexibility index (Phi) is 7.76. The summed E-state index contributed by atoms with van der Waals surface area (Å²) in [6, 6.07) is 15.8. The molecule has 1 aliphatic heterocycles. The first-order chi connectivity index (χ1) is 14.2. The number of carbonyl (C=O) groups is 1. The Hall–Kier alpha value is -2.73. The second-order valence-electron chi connectivity index (χ2n) is 6.70. The summed E-state index contributed by atoms with van der Waals surface area (Å²) in [6.45, 7) is 7.39. The molecule has 6 heteroatoms. The van der Waals surface area contributed by atoms with Crippen molar-refractivity contribution in [1.82, 2.24) is 0 Å². The third kappa shape index (κ3) is 5.87. The van der Waals surface area contributed by atoms with Gasteiger partial charge in [0.1, 0.15) is 24.7 Å². The quantitative estimate of drug-likeness (QED) is 0.570. The minimum atomic E-state index is -0.576. The highest BCUT2D eigenvalue weighted by Crippen LogP contribution is 2.30. The second-order valence-corrected chi connectivity index (χ2v) is 6.70. The molecule has 0 fully saturated rings. The van der Waals surface area contributed by atoms with Crippen molar-refractivity contribution in [2.24, 2.45) is 0 Å². The normalized spacial score (nSPS) is 13.9. The zero-order chi connectivity index (χ0) is 20.5. The molecule has 1 aliphatic rings. The predicted molar refractivity (Wildman–Crippen MR) is 112 cm³/mol. The number of rotatable bonds is 10. The summed E-state index contributed by atoms with van der Waals surface area (Å²) in [6.07, 6.45) is -0.0922. The molecule has 0 bridgehead atoms. The minimum Gasteiger partial charge on any atom is -0.492 e. The van der Waals surface area contributed by atoms with Crippen LogP contribution in [-0.4, -0.2) is 51.6 Å². The molecule has 29 heavy (non-hydrogen) atoms. The molecule has 1 atom stereocenters. The summed E-state index contributed by atoms with van der Waals surface area (Å²) in [5, 5.41) is 0. The van der Waals surface area contributed by atoms with Crippen LogP contribution in [0.2, 0.25) is 0 Å². The summed E-state index contributed by atoms with van der Waals surface area (Å²) in [4.78, 5) is 14.3. The van der Waals surface area contributed by atoms with Crippen molar-refractivity contribution in [3.8, 4) is 11.5 Å². The van der Waals surface area contributed by atoms with Gasteiger partial charge in [-0.1, -0.05) is 24.3 Å². The number of anilines is 1. The number of nitrogens with zero attached hydrogens (tertiary/aromatic N) is 1. The van der Waals surface area contributed by atoms with Gasteiger partial charge in [0.25, 0.3) is 0 Å². The van der Waals surface area contributed by atoms with Crippen molar-refractivity contribution in [2.45, 2.75) is 26.4 Å². The third-order valence-corrected chi connectivity index (χ3v) is 4.72. The van der Waals surface area contributed by atoms with Crippen LogP contribution in [0.1, 0.15) is 19.4 Å². The average Bonchev–Trinajstić information content (AvgIpc) is 2.75. The highest BCUT2D eigenvalue weighted by molar-refractivity contribution is 5.75. The summed E-state index contributed by atoms with van der Waals surface area (Å²) >= 11 is 0. The Morgan fingerprint density at radius 1 is 1.10 bits per heavy atom. The van der Waals surface area contributed by atoms with E-state index in [0.29, 0.717) is 32.8 Å². The number of carbonyl (C=O) groups excluding carboxylic acids is 1. The molecule has 1 heterocycles. The van der Waals surface area contributed by atoms with Crippen LogP contribution < -0.4 is 14.4 Å². The van der Waals surface area contributed by atoms with Crippen molar-refractivity contribution in [3.63, 3.8) is 0 Å². The zero-order valence-corrected chi connectivity index (χ0v) is 17.1. The molecular formula is C23H29NO5. The lowest BCUT2D eigenvalue weighted by atomic mass is 10.1. The van der Waals surface area contributed by atoms with Gasteiger partial charge in [-0.15, -0.1) is 0 Å². The molecule has 156 valence electrons. The fourth-order valence-corrected chi connectivity index (χ4v) is 3.32. The van der Waals surface area contributed by atoms with Gasteiger partial charge in [0, 0.05) is 13.0 Å². The molecule has 2 aromatic carbocycles. The van der Waals surface area contributed by atoms with E-state index < -0.39 is 6.10 Å². The van der Waals surface area contributed by atoms with Crippen molar-refractivity contribution < 1.29 is 23.7 Å². The first-order valence-corrected chi connectivity index (χ1v) is 10.2. The molecule has 0 aromatic heterocycles. The number of ether oxygens (including phenoxy) is 4. The van der Waals surface area contributed by atoms with E-state index in [2.05, 4.69) is 11.0 Å². The summed E-state index contributed by atoms with van der Waals surface area (Å²) in [5.74, 6) is 1.41. The molecule has 3 rings (SSSR count). The summed E-state index contributed by atoms with van der Waals surface area (Å²) in [5.41, 5.74) is 2.12. The van der Waals surface area contributed by atoms with Crippen molar-refractivity contribution >= 4 is 11.7 Å². The Labute approximate surface area is 172 Å². The fourth-order valence-electron chi connectivity index (χ4n) is 3.32. The van der Waals surface area contributed by atoms with Crippen LogP contribution in [0.4, 0.5) is 5.69 Å². The van der Waals surface area contributed by atoms with E-state index in [0.717, 1.165) is 35.8 Å². The van der Waals surface area contributed by atoms with Gasteiger partial charge in [0.15, 0.2) is 6.10 Å². The number of benzene rings is 2. The van der Waals surface area contributed by atoms with Crippen molar-refractivity contribution in [2.75, 3.05) is 44.4 Å². The van der Waals surface area contributed by atoms with Crippen LogP contribution in [0.25, 0.3) is 0 Å². The van der Waals surface area contributed by atoms with Gasteiger partial charge in [0.2, 0.25) is 0 Å². The third-order valence-electron chi connectivity index (χ3n) is 4.72. The lowest BCUT2D eigenvalue weighted by Crippen LogP contribution is -2.35. The summed E-state index contributed by atoms with van der Waals surface area (Å²) in [7, 11) is 0. The Morgan fingerprint density at radius 3 is 2.66 bits per heavy atom. The monoisotopic (exact) mass is 399 g/mol. The molecule has 2 aromatic rings. The van der Waals surface area contributed by atoms with Crippen molar-refractivity contribution in [3.05, 3.63) is 54.1 Å². The van der Waals surface area contributed by atoms with Crippen LogP contribution in [0.15, 0.2) is 48.5 Å². The highest BCUT2D eigenvalue weighted by atomic mass is 16.6. The van der Waals surface area contributed by atoms with E-state index in [-0.39, 0.29) is 5.97 Å². The van der Waals surface area contributed by atoms with Gasteiger partial charge in [-0.2, -0.15) is 0 Å². The molecular weight excluding hydrogens is 370 g/mol. The Morgan fingerprint density at radius 2 is 1.90 bits per heavy atom. The van der Waals surface area contributed by atoms with E-state index in [1.807, 2.05) is 49.4 Å². The maximum Gasteiger partial charge on any atom is 0.335 e. The fraction of sp³-hybridized carbons (Fsp3) is 0.435. The SMILES string of the molecule is CCOC(=O)[C@H](Cc1ccc(OCCN2CCOc3ccccc32)cc1)OCC. The molecule has 0 saturated carbocycles. The van der Waals surface area contributed by atoms with Gasteiger partial charge >= 0.3 is 5.97 Å². The molecule has 0 aliphatic carbocycles. The number of esters is 1. The molecule has 0 saturated heterocycles. The zero-order valence-electron chi connectivity index (χ0n) is 17.1. The minimum absolute atomic E-state index is 0.319. The number of fused-ring (bicyclic) bond motifs is 1. The first-order valence-electron chi connectivity index (χ1n) is 10.2. The van der Waals surface area contributed by atoms with Gasteiger partial charge in [-0.25, -0.2) is 4.79 Å². The van der Waals surface area contributed by atoms with Crippen LogP contribution in [0.5, 0.6) is 11.5 Å². The topological polar surface area (TPSA) is 57.2 Å².